The molecule has 2 saturated carbocycles. The molecule has 2 heterocycles. The molecule has 0 atom stereocenters. The van der Waals surface area contributed by atoms with Crippen molar-refractivity contribution in [3.8, 4) is 0 Å². The number of piperazine rings is 1. The smallest absolute Gasteiger partial charge is 0.419 e. The summed E-state index contributed by atoms with van der Waals surface area (Å²) in [4.78, 5) is 31.6. The van der Waals surface area contributed by atoms with E-state index < -0.39 is 23.4 Å². The molecule has 3 aliphatic rings. The van der Waals surface area contributed by atoms with E-state index in [0.29, 0.717) is 12.5 Å². The molecule has 9 heteroatoms. The number of hydrogen-bond donors (Lipinski definition) is 0. The van der Waals surface area contributed by atoms with Crippen LogP contribution in [0.4, 0.5) is 15.3 Å². The third kappa shape index (κ3) is 6.68. The summed E-state index contributed by atoms with van der Waals surface area (Å²) >= 11 is 0. The maximum absolute atomic E-state index is 12.8. The van der Waals surface area contributed by atoms with Crippen LogP contribution in [0.25, 0.3) is 0 Å². The fourth-order valence-electron chi connectivity index (χ4n) is 4.70. The van der Waals surface area contributed by atoms with E-state index >= 15 is 0 Å². The zero-order valence-corrected chi connectivity index (χ0v) is 22.5. The normalized spacial score (nSPS) is 23.6. The fourth-order valence-corrected chi connectivity index (χ4v) is 4.70. The molecule has 0 N–H and O–H groups in total. The van der Waals surface area contributed by atoms with E-state index in [0.717, 1.165) is 43.9 Å². The van der Waals surface area contributed by atoms with Gasteiger partial charge in [-0.1, -0.05) is 0 Å². The third-order valence-corrected chi connectivity index (χ3v) is 6.80. The first kappa shape index (κ1) is 25.8. The van der Waals surface area contributed by atoms with Crippen molar-refractivity contribution in [2.75, 3.05) is 44.7 Å². The van der Waals surface area contributed by atoms with Crippen molar-refractivity contribution in [3.63, 3.8) is 0 Å². The van der Waals surface area contributed by atoms with Crippen molar-refractivity contribution in [1.82, 2.24) is 19.6 Å². The lowest BCUT2D eigenvalue weighted by atomic mass is 9.80. The molecule has 0 spiro atoms. The highest BCUT2D eigenvalue weighted by atomic mass is 16.6. The van der Waals surface area contributed by atoms with Crippen LogP contribution in [0.3, 0.4) is 0 Å². The largest absolute Gasteiger partial charge is 0.443 e. The summed E-state index contributed by atoms with van der Waals surface area (Å²) in [7, 11) is 2.18. The molecular weight excluding hydrogens is 446 g/mol. The number of anilines is 1. The van der Waals surface area contributed by atoms with Crippen molar-refractivity contribution in [3.05, 3.63) is 11.9 Å². The van der Waals surface area contributed by atoms with Crippen LogP contribution in [-0.2, 0) is 9.47 Å². The van der Waals surface area contributed by atoms with E-state index in [1.54, 1.807) is 41.5 Å². The number of carbonyl (C=O) groups excluding carboxylic acids is 2. The number of rotatable bonds is 5. The van der Waals surface area contributed by atoms with Gasteiger partial charge < -0.3 is 19.3 Å². The van der Waals surface area contributed by atoms with Crippen LogP contribution in [0.15, 0.2) is 6.20 Å². The van der Waals surface area contributed by atoms with Gasteiger partial charge in [-0.25, -0.2) is 14.5 Å². The number of likely N-dealkylation sites (N-methyl/N-ethyl adjacent to an activating group) is 1. The molecule has 3 fully saturated rings. The molecule has 9 nitrogen and oxygen atoms in total. The zero-order valence-electron chi connectivity index (χ0n) is 22.5. The lowest BCUT2D eigenvalue weighted by Gasteiger charge is -2.38. The maximum atomic E-state index is 12.8. The summed E-state index contributed by atoms with van der Waals surface area (Å²) in [6.07, 6.45) is 5.13. The van der Waals surface area contributed by atoms with Gasteiger partial charge in [0.2, 0.25) is 0 Å². The minimum atomic E-state index is -0.687. The van der Waals surface area contributed by atoms with Gasteiger partial charge in [-0.3, -0.25) is 4.68 Å². The molecule has 35 heavy (non-hydrogen) atoms. The third-order valence-electron chi connectivity index (χ3n) is 6.80. The SMILES string of the molecule is CN1CCN(c2cn(C3CC(CN(C(=O)OC(C)(C)C)C(=O)OC(C)(C)C)C3)nc2C2CC2)CC1. The minimum Gasteiger partial charge on any atom is -0.443 e. The van der Waals surface area contributed by atoms with Crippen LogP contribution in [0.2, 0.25) is 0 Å². The van der Waals surface area contributed by atoms with Gasteiger partial charge in [0.15, 0.2) is 0 Å². The quantitative estimate of drug-likeness (QED) is 0.596. The average molecular weight is 490 g/mol. The second kappa shape index (κ2) is 9.64. The van der Waals surface area contributed by atoms with E-state index in [1.807, 2.05) is 0 Å². The van der Waals surface area contributed by atoms with Crippen molar-refractivity contribution in [1.29, 1.82) is 0 Å². The zero-order chi connectivity index (χ0) is 25.5. The first-order chi connectivity index (χ1) is 16.3. The van der Waals surface area contributed by atoms with Crippen LogP contribution in [-0.4, -0.2) is 82.7 Å². The molecule has 1 saturated heterocycles. The van der Waals surface area contributed by atoms with Gasteiger partial charge in [-0.05, 0) is 80.2 Å². The van der Waals surface area contributed by atoms with Crippen LogP contribution < -0.4 is 4.90 Å². The predicted molar refractivity (Wildman–Crippen MR) is 135 cm³/mol. The molecule has 4 rings (SSSR count). The summed E-state index contributed by atoms with van der Waals surface area (Å²) in [5, 5.41) is 5.03. The van der Waals surface area contributed by atoms with Gasteiger partial charge >= 0.3 is 12.2 Å². The minimum absolute atomic E-state index is 0.195. The lowest BCUT2D eigenvalue weighted by molar-refractivity contribution is -0.00641. The van der Waals surface area contributed by atoms with E-state index in [9.17, 15) is 9.59 Å². The molecule has 0 radical (unpaired) electrons. The molecule has 196 valence electrons. The maximum Gasteiger partial charge on any atom is 0.419 e. The van der Waals surface area contributed by atoms with Gasteiger partial charge in [0.25, 0.3) is 0 Å². The summed E-state index contributed by atoms with van der Waals surface area (Å²) in [6, 6.07) is 0.290. The van der Waals surface area contributed by atoms with Crippen LogP contribution in [0.1, 0.15) is 84.9 Å². The monoisotopic (exact) mass is 489 g/mol. The molecule has 0 bridgehead atoms. The Morgan fingerprint density at radius 1 is 0.971 bits per heavy atom. The number of amides is 2. The number of hydrogen-bond acceptors (Lipinski definition) is 7. The Hall–Kier alpha value is -2.29. The second-order valence-corrected chi connectivity index (χ2v) is 12.5. The predicted octanol–water partition coefficient (Wildman–Crippen LogP) is 4.64. The topological polar surface area (TPSA) is 80.1 Å². The van der Waals surface area contributed by atoms with E-state index in [2.05, 4.69) is 27.7 Å². The number of imide groups is 1. The van der Waals surface area contributed by atoms with Gasteiger partial charge in [-0.2, -0.15) is 5.10 Å². The summed E-state index contributed by atoms with van der Waals surface area (Å²) in [6.45, 7) is 15.3. The molecule has 1 aromatic heterocycles. The number of nitrogens with zero attached hydrogens (tertiary/aromatic N) is 5. The highest BCUT2D eigenvalue weighted by molar-refractivity contribution is 5.88. The highest BCUT2D eigenvalue weighted by Crippen LogP contribution is 2.46. The van der Waals surface area contributed by atoms with Crippen LogP contribution >= 0.6 is 0 Å². The van der Waals surface area contributed by atoms with Crippen molar-refractivity contribution >= 4 is 17.9 Å². The van der Waals surface area contributed by atoms with E-state index in [1.165, 1.54) is 24.2 Å². The number of ether oxygens (including phenoxy) is 2. The lowest BCUT2D eigenvalue weighted by Crippen LogP contribution is -2.47. The van der Waals surface area contributed by atoms with Crippen molar-refractivity contribution < 1.29 is 19.1 Å². The molecule has 2 amide bonds. The first-order valence-electron chi connectivity index (χ1n) is 13.0. The van der Waals surface area contributed by atoms with Crippen LogP contribution in [0, 0.1) is 5.92 Å². The Labute approximate surface area is 209 Å². The van der Waals surface area contributed by atoms with Crippen molar-refractivity contribution in [2.24, 2.45) is 5.92 Å². The Morgan fingerprint density at radius 2 is 1.51 bits per heavy atom. The molecule has 0 unspecified atom stereocenters. The molecule has 1 aromatic rings. The molecule has 1 aliphatic heterocycles. The van der Waals surface area contributed by atoms with E-state index in [4.69, 9.17) is 14.6 Å². The van der Waals surface area contributed by atoms with Crippen LogP contribution in [0.5, 0.6) is 0 Å². The summed E-state index contributed by atoms with van der Waals surface area (Å²) in [5.41, 5.74) is 1.18. The van der Waals surface area contributed by atoms with Gasteiger partial charge in [-0.15, -0.1) is 0 Å². The molecular formula is C26H43N5O4. The molecule has 2 aliphatic carbocycles. The Morgan fingerprint density at radius 3 is 2.00 bits per heavy atom. The number of aromatic nitrogens is 2. The summed E-state index contributed by atoms with van der Waals surface area (Å²) < 4.78 is 13.1. The first-order valence-corrected chi connectivity index (χ1v) is 13.0. The van der Waals surface area contributed by atoms with Crippen molar-refractivity contribution in [2.45, 2.75) is 90.4 Å². The standard InChI is InChI=1S/C26H43N5O4/c1-25(2,3)34-23(32)30(24(33)35-26(4,5)6)16-18-14-20(15-18)31-17-21(22(27-31)19-8-9-19)29-12-10-28(7)11-13-29/h17-20H,8-16H2,1-7H3. The molecule has 0 aromatic carbocycles. The second-order valence-electron chi connectivity index (χ2n) is 12.5. The Bertz CT molecular complexity index is 885. The van der Waals surface area contributed by atoms with E-state index in [-0.39, 0.29) is 12.0 Å². The highest BCUT2D eigenvalue weighted by Gasteiger charge is 2.40. The average Bonchev–Trinajstić information content (AvgIpc) is 3.44. The van der Waals surface area contributed by atoms with Gasteiger partial charge in [0, 0.05) is 44.8 Å². The Kier molecular flexibility index (Phi) is 7.10. The fraction of sp³-hybridized carbons (Fsp3) is 0.808. The number of carbonyl (C=O) groups is 2. The van der Waals surface area contributed by atoms with Gasteiger partial charge in [0.1, 0.15) is 11.2 Å². The van der Waals surface area contributed by atoms with Gasteiger partial charge in [0.05, 0.1) is 17.4 Å². The summed E-state index contributed by atoms with van der Waals surface area (Å²) in [5.74, 6) is 0.789. The Balaban J connectivity index is 1.40.